The van der Waals surface area contributed by atoms with Gasteiger partial charge in [-0.2, -0.15) is 0 Å². The Bertz CT molecular complexity index is 690. The third-order valence-corrected chi connectivity index (χ3v) is 4.04. The van der Waals surface area contributed by atoms with Gasteiger partial charge in [0.2, 0.25) is 5.89 Å². The Kier molecular flexibility index (Phi) is 6.86. The Balaban J connectivity index is 1.99. The minimum atomic E-state index is 0.284. The Hall–Kier alpha value is -2.50. The number of rotatable bonds is 7. The van der Waals surface area contributed by atoms with E-state index in [0.29, 0.717) is 12.4 Å². The van der Waals surface area contributed by atoms with Gasteiger partial charge in [-0.05, 0) is 32.4 Å². The van der Waals surface area contributed by atoms with E-state index in [-0.39, 0.29) is 5.92 Å². The van der Waals surface area contributed by atoms with Gasteiger partial charge in [0.15, 0.2) is 5.96 Å². The van der Waals surface area contributed by atoms with Crippen LogP contribution in [0, 0.1) is 13.8 Å². The lowest BCUT2D eigenvalue weighted by Gasteiger charge is -2.18. The molecule has 1 unspecified atom stereocenters. The minimum absolute atomic E-state index is 0.284. The number of hydrogen-bond acceptors (Lipinski definition) is 4. The van der Waals surface area contributed by atoms with Gasteiger partial charge in [0.1, 0.15) is 18.1 Å². The number of benzene rings is 1. The van der Waals surface area contributed by atoms with E-state index in [0.717, 1.165) is 36.3 Å². The van der Waals surface area contributed by atoms with Crippen molar-refractivity contribution in [3.8, 4) is 5.75 Å². The first kappa shape index (κ1) is 18.8. The Labute approximate surface area is 149 Å². The topological polar surface area (TPSA) is 71.7 Å². The quantitative estimate of drug-likeness (QED) is 0.596. The third kappa shape index (κ3) is 5.24. The summed E-state index contributed by atoms with van der Waals surface area (Å²) < 4.78 is 11.0. The molecule has 0 aliphatic carbocycles. The molecular formula is C19H28N4O2. The number of para-hydroxylation sites is 1. The number of hydrogen-bond donors (Lipinski definition) is 2. The summed E-state index contributed by atoms with van der Waals surface area (Å²) in [7, 11) is 1.70. The molecule has 2 rings (SSSR count). The molecule has 0 saturated heterocycles. The number of aryl methyl sites for hydroxylation is 2. The zero-order chi connectivity index (χ0) is 18.2. The molecule has 0 bridgehead atoms. The SMILES string of the molecule is CCNC(=NCc1nc(C)c(C)o1)NCC(C)c1ccccc1OC. The van der Waals surface area contributed by atoms with Gasteiger partial charge in [0, 0.05) is 19.0 Å². The summed E-state index contributed by atoms with van der Waals surface area (Å²) in [6.07, 6.45) is 0. The van der Waals surface area contributed by atoms with Gasteiger partial charge >= 0.3 is 0 Å². The number of oxazole rings is 1. The third-order valence-electron chi connectivity index (χ3n) is 4.04. The fourth-order valence-electron chi connectivity index (χ4n) is 2.53. The van der Waals surface area contributed by atoms with Crippen LogP contribution in [0.2, 0.25) is 0 Å². The minimum Gasteiger partial charge on any atom is -0.496 e. The van der Waals surface area contributed by atoms with Gasteiger partial charge in [0.05, 0.1) is 12.8 Å². The molecule has 0 aliphatic rings. The summed E-state index contributed by atoms with van der Waals surface area (Å²) in [6, 6.07) is 8.08. The predicted octanol–water partition coefficient (Wildman–Crippen LogP) is 3.16. The van der Waals surface area contributed by atoms with Crippen LogP contribution in [0.3, 0.4) is 0 Å². The molecule has 0 radical (unpaired) electrons. The van der Waals surface area contributed by atoms with Crippen molar-refractivity contribution in [2.75, 3.05) is 20.2 Å². The summed E-state index contributed by atoms with van der Waals surface area (Å²) >= 11 is 0. The van der Waals surface area contributed by atoms with Crippen molar-refractivity contribution in [3.05, 3.63) is 47.2 Å². The molecule has 0 fully saturated rings. The monoisotopic (exact) mass is 344 g/mol. The molecule has 1 heterocycles. The van der Waals surface area contributed by atoms with E-state index in [1.165, 1.54) is 5.56 Å². The van der Waals surface area contributed by atoms with E-state index < -0.39 is 0 Å². The number of aromatic nitrogens is 1. The van der Waals surface area contributed by atoms with Crippen LogP contribution in [0.4, 0.5) is 0 Å². The van der Waals surface area contributed by atoms with Crippen LogP contribution in [0.5, 0.6) is 5.75 Å². The fourth-order valence-corrected chi connectivity index (χ4v) is 2.53. The number of nitrogens with zero attached hydrogens (tertiary/aromatic N) is 2. The van der Waals surface area contributed by atoms with Crippen molar-refractivity contribution in [2.24, 2.45) is 4.99 Å². The summed E-state index contributed by atoms with van der Waals surface area (Å²) in [5.41, 5.74) is 2.08. The highest BCUT2D eigenvalue weighted by atomic mass is 16.5. The molecule has 1 aromatic heterocycles. The number of ether oxygens (including phenoxy) is 1. The van der Waals surface area contributed by atoms with Crippen molar-refractivity contribution >= 4 is 5.96 Å². The average Bonchev–Trinajstić information content (AvgIpc) is 2.95. The maximum atomic E-state index is 5.58. The fraction of sp³-hybridized carbons (Fsp3) is 0.474. The number of methoxy groups -OCH3 is 1. The van der Waals surface area contributed by atoms with Crippen molar-refractivity contribution in [2.45, 2.75) is 40.2 Å². The highest BCUT2D eigenvalue weighted by molar-refractivity contribution is 5.79. The number of aliphatic imine (C=N–C) groups is 1. The molecule has 0 saturated carbocycles. The van der Waals surface area contributed by atoms with E-state index in [1.54, 1.807) is 7.11 Å². The summed E-state index contributed by atoms with van der Waals surface area (Å²) in [5, 5.41) is 6.62. The molecule has 6 heteroatoms. The smallest absolute Gasteiger partial charge is 0.216 e. The van der Waals surface area contributed by atoms with Crippen molar-refractivity contribution in [1.82, 2.24) is 15.6 Å². The van der Waals surface area contributed by atoms with E-state index in [4.69, 9.17) is 9.15 Å². The first-order valence-electron chi connectivity index (χ1n) is 8.63. The Morgan fingerprint density at radius 3 is 2.68 bits per heavy atom. The van der Waals surface area contributed by atoms with Gasteiger partial charge in [-0.1, -0.05) is 25.1 Å². The van der Waals surface area contributed by atoms with Crippen LogP contribution >= 0.6 is 0 Å². The number of nitrogens with one attached hydrogen (secondary N) is 2. The van der Waals surface area contributed by atoms with Crippen LogP contribution in [-0.2, 0) is 6.54 Å². The molecule has 1 atom stereocenters. The van der Waals surface area contributed by atoms with Gasteiger partial charge < -0.3 is 19.8 Å². The van der Waals surface area contributed by atoms with Crippen LogP contribution < -0.4 is 15.4 Å². The standard InChI is InChI=1S/C19H28N4O2/c1-6-20-19(22-12-18-23-14(3)15(4)25-18)21-11-13(2)16-9-7-8-10-17(16)24-5/h7-10,13H,6,11-12H2,1-5H3,(H2,20,21,22). The molecule has 0 amide bonds. The zero-order valence-electron chi connectivity index (χ0n) is 15.7. The normalized spacial score (nSPS) is 12.8. The van der Waals surface area contributed by atoms with E-state index in [1.807, 2.05) is 39.0 Å². The molecule has 25 heavy (non-hydrogen) atoms. The zero-order valence-corrected chi connectivity index (χ0v) is 15.7. The van der Waals surface area contributed by atoms with Gasteiger partial charge in [-0.3, -0.25) is 0 Å². The highest BCUT2D eigenvalue weighted by Crippen LogP contribution is 2.25. The highest BCUT2D eigenvalue weighted by Gasteiger charge is 2.12. The predicted molar refractivity (Wildman–Crippen MR) is 100 cm³/mol. The molecule has 1 aromatic carbocycles. The average molecular weight is 344 g/mol. The molecular weight excluding hydrogens is 316 g/mol. The molecule has 0 spiro atoms. The maximum absolute atomic E-state index is 5.58. The second-order valence-electron chi connectivity index (χ2n) is 5.97. The van der Waals surface area contributed by atoms with Crippen molar-refractivity contribution in [1.29, 1.82) is 0 Å². The molecule has 2 aromatic rings. The largest absolute Gasteiger partial charge is 0.496 e. The summed E-state index contributed by atoms with van der Waals surface area (Å²) in [6.45, 7) is 10.00. The van der Waals surface area contributed by atoms with E-state index in [9.17, 15) is 0 Å². The van der Waals surface area contributed by atoms with Crippen molar-refractivity contribution < 1.29 is 9.15 Å². The van der Waals surface area contributed by atoms with Crippen LogP contribution in [0.25, 0.3) is 0 Å². The molecule has 2 N–H and O–H groups in total. The second-order valence-corrected chi connectivity index (χ2v) is 5.97. The summed E-state index contributed by atoms with van der Waals surface area (Å²) in [4.78, 5) is 8.92. The summed E-state index contributed by atoms with van der Waals surface area (Å²) in [5.74, 6) is 3.41. The van der Waals surface area contributed by atoms with Crippen LogP contribution in [-0.4, -0.2) is 31.1 Å². The molecule has 136 valence electrons. The lowest BCUT2D eigenvalue weighted by atomic mass is 10.0. The van der Waals surface area contributed by atoms with Gasteiger partial charge in [0.25, 0.3) is 0 Å². The van der Waals surface area contributed by atoms with E-state index in [2.05, 4.69) is 33.6 Å². The lowest BCUT2D eigenvalue weighted by molar-refractivity contribution is 0.406. The number of guanidine groups is 1. The van der Waals surface area contributed by atoms with Gasteiger partial charge in [-0.25, -0.2) is 9.98 Å². The van der Waals surface area contributed by atoms with Crippen LogP contribution in [0.1, 0.15) is 42.7 Å². The first-order chi connectivity index (χ1) is 12.0. The first-order valence-corrected chi connectivity index (χ1v) is 8.63. The molecule has 6 nitrogen and oxygen atoms in total. The lowest BCUT2D eigenvalue weighted by Crippen LogP contribution is -2.39. The maximum Gasteiger partial charge on any atom is 0.216 e. The van der Waals surface area contributed by atoms with Crippen molar-refractivity contribution in [3.63, 3.8) is 0 Å². The Morgan fingerprint density at radius 2 is 2.04 bits per heavy atom. The molecule has 0 aliphatic heterocycles. The van der Waals surface area contributed by atoms with Gasteiger partial charge in [-0.15, -0.1) is 0 Å². The van der Waals surface area contributed by atoms with Crippen LogP contribution in [0.15, 0.2) is 33.7 Å². The Morgan fingerprint density at radius 1 is 1.28 bits per heavy atom. The second kappa shape index (κ2) is 9.11. The van der Waals surface area contributed by atoms with E-state index >= 15 is 0 Å².